The third kappa shape index (κ3) is 4.60. The fraction of sp³-hybridized carbons (Fsp3) is 0.379. The van der Waals surface area contributed by atoms with Crippen molar-refractivity contribution in [1.29, 1.82) is 0 Å². The van der Waals surface area contributed by atoms with Gasteiger partial charge in [-0.25, -0.2) is 9.48 Å². The van der Waals surface area contributed by atoms with Gasteiger partial charge in [-0.2, -0.15) is 10.1 Å². The standard InChI is InChI=1S/C29H33N7O3/c1-29(19-30-28(38)39)13-16-34(17-14-29)27-31-24-23(26(37)33(27)2)25(32-36(24)18-20-8-4-3-5-9-20)35-15-12-21-10-6-7-11-22(21)35/h3-11,30H,12-19H2,1-2H3,(H,38,39). The number of benzene rings is 2. The van der Waals surface area contributed by atoms with Gasteiger partial charge in [0.1, 0.15) is 5.39 Å². The van der Waals surface area contributed by atoms with Crippen LogP contribution in [0.25, 0.3) is 11.0 Å². The number of aromatic nitrogens is 4. The molecule has 1 amide bonds. The number of piperidine rings is 1. The molecule has 0 radical (unpaired) electrons. The van der Waals surface area contributed by atoms with Crippen molar-refractivity contribution in [2.24, 2.45) is 12.5 Å². The van der Waals surface area contributed by atoms with Crippen molar-refractivity contribution in [2.75, 3.05) is 36.0 Å². The molecule has 202 valence electrons. The topological polar surface area (TPSA) is 109 Å². The molecule has 0 saturated carbocycles. The van der Waals surface area contributed by atoms with Crippen molar-refractivity contribution in [1.82, 2.24) is 24.6 Å². The smallest absolute Gasteiger partial charge is 0.404 e. The average Bonchev–Trinajstić information content (AvgIpc) is 3.52. The second-order valence-electron chi connectivity index (χ2n) is 10.9. The van der Waals surface area contributed by atoms with Crippen LogP contribution in [0.2, 0.25) is 0 Å². The summed E-state index contributed by atoms with van der Waals surface area (Å²) in [5.74, 6) is 1.26. The molecular formula is C29H33N7O3. The van der Waals surface area contributed by atoms with Crippen LogP contribution in [0.1, 0.15) is 30.9 Å². The number of nitrogens with zero attached hydrogens (tertiary/aromatic N) is 6. The van der Waals surface area contributed by atoms with Gasteiger partial charge >= 0.3 is 6.09 Å². The molecule has 0 atom stereocenters. The number of rotatable bonds is 6. The maximum Gasteiger partial charge on any atom is 0.404 e. The number of fused-ring (bicyclic) bond motifs is 2. The predicted molar refractivity (Wildman–Crippen MR) is 151 cm³/mol. The molecule has 4 aromatic rings. The Morgan fingerprint density at radius 1 is 1.05 bits per heavy atom. The Balaban J connectivity index is 1.41. The molecule has 2 aliphatic rings. The number of carboxylic acid groups (broad SMARTS) is 1. The first-order valence-corrected chi connectivity index (χ1v) is 13.4. The van der Waals surface area contributed by atoms with Crippen LogP contribution in [0.4, 0.5) is 22.2 Å². The van der Waals surface area contributed by atoms with E-state index in [2.05, 4.69) is 46.3 Å². The van der Waals surface area contributed by atoms with Gasteiger partial charge in [0.05, 0.1) is 6.54 Å². The molecule has 4 heterocycles. The Bertz CT molecular complexity index is 1590. The third-order valence-corrected chi connectivity index (χ3v) is 8.17. The maximum absolute atomic E-state index is 14.0. The number of anilines is 3. The molecule has 10 heteroatoms. The highest BCUT2D eigenvalue weighted by atomic mass is 16.4. The molecule has 6 rings (SSSR count). The summed E-state index contributed by atoms with van der Waals surface area (Å²) in [7, 11) is 1.78. The van der Waals surface area contributed by atoms with Gasteiger partial charge < -0.3 is 20.2 Å². The van der Waals surface area contributed by atoms with Crippen molar-refractivity contribution < 1.29 is 9.90 Å². The van der Waals surface area contributed by atoms with E-state index in [9.17, 15) is 9.59 Å². The highest BCUT2D eigenvalue weighted by Crippen LogP contribution is 2.37. The van der Waals surface area contributed by atoms with Crippen LogP contribution in [-0.2, 0) is 20.0 Å². The lowest BCUT2D eigenvalue weighted by molar-refractivity contribution is 0.178. The van der Waals surface area contributed by atoms with Crippen molar-refractivity contribution in [3.8, 4) is 0 Å². The zero-order chi connectivity index (χ0) is 27.1. The molecule has 2 aliphatic heterocycles. The second kappa shape index (κ2) is 9.76. The number of carbonyl (C=O) groups is 1. The normalized spacial score (nSPS) is 16.5. The van der Waals surface area contributed by atoms with E-state index in [1.165, 1.54) is 5.56 Å². The minimum atomic E-state index is -1.00. The number of hydrogen-bond donors (Lipinski definition) is 2. The zero-order valence-electron chi connectivity index (χ0n) is 22.3. The summed E-state index contributed by atoms with van der Waals surface area (Å²) in [4.78, 5) is 34.4. The molecule has 0 spiro atoms. The van der Waals surface area contributed by atoms with Crippen LogP contribution in [0.3, 0.4) is 0 Å². The monoisotopic (exact) mass is 527 g/mol. The minimum Gasteiger partial charge on any atom is -0.465 e. The van der Waals surface area contributed by atoms with E-state index >= 15 is 0 Å². The van der Waals surface area contributed by atoms with Crippen LogP contribution in [0, 0.1) is 5.41 Å². The van der Waals surface area contributed by atoms with Crippen molar-refractivity contribution in [3.63, 3.8) is 0 Å². The molecule has 0 unspecified atom stereocenters. The molecular weight excluding hydrogens is 494 g/mol. The van der Waals surface area contributed by atoms with Gasteiger partial charge in [-0.1, -0.05) is 55.5 Å². The maximum atomic E-state index is 14.0. The molecule has 2 aromatic carbocycles. The van der Waals surface area contributed by atoms with Crippen LogP contribution in [0.15, 0.2) is 59.4 Å². The number of nitrogens with one attached hydrogen (secondary N) is 1. The number of amides is 1. The Kier molecular flexibility index (Phi) is 6.25. The van der Waals surface area contributed by atoms with E-state index in [0.717, 1.165) is 37.1 Å². The molecule has 1 saturated heterocycles. The first kappa shape index (κ1) is 25.0. The second-order valence-corrected chi connectivity index (χ2v) is 10.9. The minimum absolute atomic E-state index is 0.116. The third-order valence-electron chi connectivity index (χ3n) is 8.17. The van der Waals surface area contributed by atoms with E-state index in [4.69, 9.17) is 15.2 Å². The van der Waals surface area contributed by atoms with Crippen LogP contribution < -0.4 is 20.7 Å². The first-order valence-electron chi connectivity index (χ1n) is 13.4. The first-order chi connectivity index (χ1) is 18.8. The lowest BCUT2D eigenvalue weighted by Crippen LogP contribution is -2.46. The van der Waals surface area contributed by atoms with Gasteiger partial charge in [0.2, 0.25) is 5.95 Å². The van der Waals surface area contributed by atoms with E-state index in [-0.39, 0.29) is 11.0 Å². The molecule has 10 nitrogen and oxygen atoms in total. The summed E-state index contributed by atoms with van der Waals surface area (Å²) in [5.41, 5.74) is 3.74. The highest BCUT2D eigenvalue weighted by molar-refractivity contribution is 5.91. The summed E-state index contributed by atoms with van der Waals surface area (Å²) in [5, 5.41) is 17.1. The van der Waals surface area contributed by atoms with Gasteiger partial charge in [0.25, 0.3) is 5.56 Å². The van der Waals surface area contributed by atoms with E-state index in [0.29, 0.717) is 49.0 Å². The van der Waals surface area contributed by atoms with E-state index in [1.54, 1.807) is 11.6 Å². The summed E-state index contributed by atoms with van der Waals surface area (Å²) >= 11 is 0. The summed E-state index contributed by atoms with van der Waals surface area (Å²) in [6.45, 7) is 5.14. The van der Waals surface area contributed by atoms with Crippen LogP contribution in [-0.4, -0.2) is 56.7 Å². The molecule has 1 fully saturated rings. The van der Waals surface area contributed by atoms with Gasteiger partial charge in [0.15, 0.2) is 11.5 Å². The Labute approximate surface area is 226 Å². The van der Waals surface area contributed by atoms with Crippen LogP contribution in [0.5, 0.6) is 0 Å². The number of hydrogen-bond acceptors (Lipinski definition) is 6. The average molecular weight is 528 g/mol. The van der Waals surface area contributed by atoms with E-state index < -0.39 is 6.09 Å². The Hall–Kier alpha value is -4.34. The van der Waals surface area contributed by atoms with Crippen molar-refractivity contribution >= 4 is 34.6 Å². The van der Waals surface area contributed by atoms with Crippen molar-refractivity contribution in [2.45, 2.75) is 32.7 Å². The van der Waals surface area contributed by atoms with Gasteiger partial charge in [-0.05, 0) is 41.9 Å². The summed E-state index contributed by atoms with van der Waals surface area (Å²) < 4.78 is 3.50. The largest absolute Gasteiger partial charge is 0.465 e. The lowest BCUT2D eigenvalue weighted by Gasteiger charge is -2.40. The zero-order valence-corrected chi connectivity index (χ0v) is 22.3. The van der Waals surface area contributed by atoms with Gasteiger partial charge in [-0.15, -0.1) is 0 Å². The fourth-order valence-electron chi connectivity index (χ4n) is 5.78. The Morgan fingerprint density at radius 2 is 1.77 bits per heavy atom. The SMILES string of the molecule is Cn1c(N2CCC(C)(CNC(=O)O)CC2)nc2c(c(N3CCc4ccccc43)nn2Cc2ccccc2)c1=O. The lowest BCUT2D eigenvalue weighted by atomic mass is 9.80. The molecule has 0 aliphatic carbocycles. The van der Waals surface area contributed by atoms with Gasteiger partial charge in [0, 0.05) is 38.9 Å². The quantitative estimate of drug-likeness (QED) is 0.393. The molecule has 2 aromatic heterocycles. The fourth-order valence-corrected chi connectivity index (χ4v) is 5.78. The van der Waals surface area contributed by atoms with Crippen LogP contribution >= 0.6 is 0 Å². The van der Waals surface area contributed by atoms with E-state index in [1.807, 2.05) is 35.0 Å². The predicted octanol–water partition coefficient (Wildman–Crippen LogP) is 3.75. The van der Waals surface area contributed by atoms with Gasteiger partial charge in [-0.3, -0.25) is 9.36 Å². The Morgan fingerprint density at radius 3 is 2.51 bits per heavy atom. The number of para-hydroxylation sites is 1. The summed E-state index contributed by atoms with van der Waals surface area (Å²) in [6.07, 6.45) is 1.48. The van der Waals surface area contributed by atoms with Crippen molar-refractivity contribution in [3.05, 3.63) is 76.1 Å². The highest BCUT2D eigenvalue weighted by Gasteiger charge is 2.33. The molecule has 39 heavy (non-hydrogen) atoms. The molecule has 0 bridgehead atoms. The summed E-state index contributed by atoms with van der Waals surface area (Å²) in [6, 6.07) is 18.4. The molecule has 2 N–H and O–H groups in total.